The van der Waals surface area contributed by atoms with E-state index >= 15 is 0 Å². The van der Waals surface area contributed by atoms with Crippen LogP contribution in [0, 0.1) is 0 Å². The Morgan fingerprint density at radius 3 is 2.53 bits per heavy atom. The summed E-state index contributed by atoms with van der Waals surface area (Å²) in [5.41, 5.74) is 1.26. The van der Waals surface area contributed by atoms with Crippen molar-refractivity contribution in [1.82, 2.24) is 15.5 Å². The van der Waals surface area contributed by atoms with E-state index in [2.05, 4.69) is 10.6 Å². The van der Waals surface area contributed by atoms with Crippen LogP contribution < -0.4 is 10.6 Å². The number of nitrogens with one attached hydrogen (secondary N) is 2. The lowest BCUT2D eigenvalue weighted by Crippen LogP contribution is -2.52. The normalized spacial score (nSPS) is 18.1. The van der Waals surface area contributed by atoms with Gasteiger partial charge in [-0.15, -0.1) is 0 Å². The molecule has 0 aromatic heterocycles. The van der Waals surface area contributed by atoms with E-state index in [1.807, 2.05) is 0 Å². The minimum Gasteiger partial charge on any atom is -0.352 e. The lowest BCUT2D eigenvalue weighted by Gasteiger charge is -2.29. The van der Waals surface area contributed by atoms with Gasteiger partial charge in [-0.3, -0.25) is 24.5 Å². The van der Waals surface area contributed by atoms with E-state index < -0.39 is 34.6 Å². The Labute approximate surface area is 197 Å². The monoisotopic (exact) mass is 493 g/mol. The summed E-state index contributed by atoms with van der Waals surface area (Å²) in [5, 5.41) is 4.47. The van der Waals surface area contributed by atoms with Gasteiger partial charge in [0.2, 0.25) is 17.7 Å². The van der Waals surface area contributed by atoms with Crippen LogP contribution in [0.2, 0.25) is 5.02 Å². The molecule has 1 saturated heterocycles. The van der Waals surface area contributed by atoms with E-state index in [9.17, 15) is 32.3 Å². The molecule has 1 unspecified atom stereocenters. The third-order valence-corrected chi connectivity index (χ3v) is 6.09. The van der Waals surface area contributed by atoms with Gasteiger partial charge in [0.25, 0.3) is 5.91 Å². The van der Waals surface area contributed by atoms with Gasteiger partial charge in [-0.1, -0.05) is 29.8 Å². The fourth-order valence-electron chi connectivity index (χ4n) is 4.08. The number of nitrogens with zero attached hydrogens (tertiary/aromatic N) is 1. The molecular formula is C23H19ClF3N3O4. The first-order valence-corrected chi connectivity index (χ1v) is 10.8. The average molecular weight is 494 g/mol. The SMILES string of the molecule is O=C(Cc1ccc(C(F)(F)F)c(Cl)c1)NCc1ccc2c(c1)CN(C1CCC(=O)NC1=O)C2=O. The van der Waals surface area contributed by atoms with Crippen molar-refractivity contribution >= 4 is 35.2 Å². The molecule has 0 saturated carbocycles. The maximum Gasteiger partial charge on any atom is 0.417 e. The summed E-state index contributed by atoms with van der Waals surface area (Å²) in [4.78, 5) is 49.9. The predicted octanol–water partition coefficient (Wildman–Crippen LogP) is 2.98. The van der Waals surface area contributed by atoms with Crippen molar-refractivity contribution in [3.05, 3.63) is 69.2 Å². The van der Waals surface area contributed by atoms with E-state index in [1.165, 1.54) is 11.0 Å². The molecule has 2 N–H and O–H groups in total. The molecule has 2 heterocycles. The van der Waals surface area contributed by atoms with Gasteiger partial charge in [-0.05, 0) is 41.3 Å². The maximum absolute atomic E-state index is 12.8. The van der Waals surface area contributed by atoms with Crippen molar-refractivity contribution in [2.24, 2.45) is 0 Å². The number of carbonyl (C=O) groups is 4. The second-order valence-electron chi connectivity index (χ2n) is 8.16. The molecule has 34 heavy (non-hydrogen) atoms. The van der Waals surface area contributed by atoms with Crippen LogP contribution >= 0.6 is 11.6 Å². The minimum atomic E-state index is -4.57. The van der Waals surface area contributed by atoms with Crippen LogP contribution in [-0.2, 0) is 40.1 Å². The first kappa shape index (κ1) is 23.7. The van der Waals surface area contributed by atoms with Crippen molar-refractivity contribution < 1.29 is 32.3 Å². The van der Waals surface area contributed by atoms with Gasteiger partial charge in [-0.2, -0.15) is 13.2 Å². The van der Waals surface area contributed by atoms with Crippen LogP contribution in [0.4, 0.5) is 13.2 Å². The summed E-state index contributed by atoms with van der Waals surface area (Å²) in [6.45, 7) is 0.360. The highest BCUT2D eigenvalue weighted by Gasteiger charge is 2.39. The number of hydrogen-bond acceptors (Lipinski definition) is 4. The number of hydrogen-bond donors (Lipinski definition) is 2. The molecule has 4 amide bonds. The van der Waals surface area contributed by atoms with Crippen LogP contribution in [0.1, 0.15) is 45.5 Å². The Morgan fingerprint density at radius 1 is 1.12 bits per heavy atom. The van der Waals surface area contributed by atoms with Crippen molar-refractivity contribution in [2.75, 3.05) is 0 Å². The standard InChI is InChI=1S/C23H19ClF3N3O4/c24-17-8-12(2-4-16(17)23(25,26)27)9-20(32)28-10-13-1-3-15-14(7-13)11-30(22(15)34)18-5-6-19(31)29-21(18)33/h1-4,7-8,18H,5-6,9-11H2,(H,28,32)(H,29,31,33). The van der Waals surface area contributed by atoms with Gasteiger partial charge in [0.1, 0.15) is 6.04 Å². The van der Waals surface area contributed by atoms with Crippen molar-refractivity contribution in [3.63, 3.8) is 0 Å². The molecule has 2 aliphatic rings. The van der Waals surface area contributed by atoms with E-state index in [0.717, 1.165) is 17.7 Å². The molecule has 0 radical (unpaired) electrons. The quantitative estimate of drug-likeness (QED) is 0.626. The summed E-state index contributed by atoms with van der Waals surface area (Å²) in [5.74, 6) is -1.55. The zero-order valence-corrected chi connectivity index (χ0v) is 18.4. The molecule has 1 fully saturated rings. The van der Waals surface area contributed by atoms with Crippen LogP contribution in [-0.4, -0.2) is 34.6 Å². The van der Waals surface area contributed by atoms with Crippen molar-refractivity contribution in [1.29, 1.82) is 0 Å². The Bertz CT molecular complexity index is 1200. The average Bonchev–Trinajstić information content (AvgIpc) is 3.07. The minimum absolute atomic E-state index is 0.146. The number of benzene rings is 2. The van der Waals surface area contributed by atoms with Gasteiger partial charge < -0.3 is 10.2 Å². The lowest BCUT2D eigenvalue weighted by atomic mass is 10.0. The predicted molar refractivity (Wildman–Crippen MR) is 114 cm³/mol. The Kier molecular flexibility index (Phi) is 6.35. The number of alkyl halides is 3. The highest BCUT2D eigenvalue weighted by Crippen LogP contribution is 2.35. The molecule has 7 nitrogen and oxygen atoms in total. The van der Waals surface area contributed by atoms with Gasteiger partial charge in [0, 0.05) is 25.1 Å². The molecular weight excluding hydrogens is 475 g/mol. The molecule has 0 aliphatic carbocycles. The largest absolute Gasteiger partial charge is 0.417 e. The number of piperidine rings is 1. The zero-order valence-electron chi connectivity index (χ0n) is 17.7. The van der Waals surface area contributed by atoms with Gasteiger partial charge in [0.15, 0.2) is 0 Å². The zero-order chi connectivity index (χ0) is 24.6. The molecule has 0 spiro atoms. The van der Waals surface area contributed by atoms with Crippen molar-refractivity contribution in [2.45, 2.75) is 44.6 Å². The summed E-state index contributed by atoms with van der Waals surface area (Å²) < 4.78 is 38.4. The number of carbonyl (C=O) groups excluding carboxylic acids is 4. The van der Waals surface area contributed by atoms with E-state index in [0.29, 0.717) is 16.7 Å². The van der Waals surface area contributed by atoms with Crippen LogP contribution in [0.5, 0.6) is 0 Å². The number of amides is 4. The third-order valence-electron chi connectivity index (χ3n) is 5.78. The van der Waals surface area contributed by atoms with Crippen LogP contribution in [0.15, 0.2) is 36.4 Å². The number of halogens is 4. The Balaban J connectivity index is 1.36. The van der Waals surface area contributed by atoms with Gasteiger partial charge in [0.05, 0.1) is 17.0 Å². The van der Waals surface area contributed by atoms with Crippen LogP contribution in [0.25, 0.3) is 0 Å². The van der Waals surface area contributed by atoms with E-state index in [-0.39, 0.29) is 44.2 Å². The first-order chi connectivity index (χ1) is 16.0. The molecule has 0 bridgehead atoms. The molecule has 2 aliphatic heterocycles. The smallest absolute Gasteiger partial charge is 0.352 e. The summed E-state index contributed by atoms with van der Waals surface area (Å²) in [6.07, 6.45) is -4.29. The van der Waals surface area contributed by atoms with Crippen LogP contribution in [0.3, 0.4) is 0 Å². The molecule has 2 aromatic rings. The molecule has 4 rings (SSSR count). The molecule has 178 valence electrons. The highest BCUT2D eigenvalue weighted by atomic mass is 35.5. The second-order valence-corrected chi connectivity index (χ2v) is 8.56. The second kappa shape index (κ2) is 9.09. The fraction of sp³-hybridized carbons (Fsp3) is 0.304. The summed E-state index contributed by atoms with van der Waals surface area (Å²) >= 11 is 5.70. The highest BCUT2D eigenvalue weighted by molar-refractivity contribution is 6.31. The lowest BCUT2D eigenvalue weighted by molar-refractivity contribution is -0.138. The van der Waals surface area contributed by atoms with Gasteiger partial charge >= 0.3 is 6.18 Å². The first-order valence-electron chi connectivity index (χ1n) is 10.4. The maximum atomic E-state index is 12.8. The molecule has 2 aromatic carbocycles. The van der Waals surface area contributed by atoms with E-state index in [4.69, 9.17) is 11.6 Å². The summed E-state index contributed by atoms with van der Waals surface area (Å²) in [6, 6.07) is 7.52. The number of imide groups is 1. The van der Waals surface area contributed by atoms with Crippen molar-refractivity contribution in [3.8, 4) is 0 Å². The Hall–Kier alpha value is -3.40. The topological polar surface area (TPSA) is 95.6 Å². The fourth-order valence-corrected chi connectivity index (χ4v) is 4.40. The molecule has 1 atom stereocenters. The van der Waals surface area contributed by atoms with E-state index in [1.54, 1.807) is 18.2 Å². The number of fused-ring (bicyclic) bond motifs is 1. The third kappa shape index (κ3) is 4.91. The molecule has 11 heteroatoms. The number of rotatable bonds is 5. The van der Waals surface area contributed by atoms with Gasteiger partial charge in [-0.25, -0.2) is 0 Å². The summed E-state index contributed by atoms with van der Waals surface area (Å²) in [7, 11) is 0. The Morgan fingerprint density at radius 2 is 1.85 bits per heavy atom.